The van der Waals surface area contributed by atoms with Crippen LogP contribution in [0.25, 0.3) is 0 Å². The van der Waals surface area contributed by atoms with Gasteiger partial charge in [-0.2, -0.15) is 0 Å². The lowest BCUT2D eigenvalue weighted by Gasteiger charge is -2.04. The third-order valence-corrected chi connectivity index (χ3v) is 4.34. The Labute approximate surface area is 140 Å². The smallest absolute Gasteiger partial charge is 0.270 e. The number of aromatic nitrogens is 2. The van der Waals surface area contributed by atoms with Gasteiger partial charge in [0, 0.05) is 23.6 Å². The summed E-state index contributed by atoms with van der Waals surface area (Å²) in [5, 5.41) is 24.9. The summed E-state index contributed by atoms with van der Waals surface area (Å²) in [6.07, 6.45) is 2.20. The maximum Gasteiger partial charge on any atom is 0.270 e. The molecule has 124 valence electrons. The predicted octanol–water partition coefficient (Wildman–Crippen LogP) is 1.69. The molecular formula is C14H13N5O4S. The standard InChI is InChI=1S/C14H13N5O4S/c20-11(16-14-18-17-13(24-14)8-4-5-8)7-15-12(21)9-2-1-3-10(6-9)19(22)23/h1-3,6,8H,4-5,7H2,(H,15,21)(H,16,18,20). The maximum atomic E-state index is 11.9. The molecular weight excluding hydrogens is 334 g/mol. The number of non-ortho nitro benzene ring substituents is 1. The lowest BCUT2D eigenvalue weighted by molar-refractivity contribution is -0.384. The Hall–Kier alpha value is -2.88. The minimum Gasteiger partial charge on any atom is -0.343 e. The lowest BCUT2D eigenvalue weighted by Crippen LogP contribution is -2.32. The van der Waals surface area contributed by atoms with E-state index in [0.29, 0.717) is 11.0 Å². The Morgan fingerprint density at radius 1 is 1.33 bits per heavy atom. The second-order valence-electron chi connectivity index (χ2n) is 5.26. The maximum absolute atomic E-state index is 11.9. The first kappa shape index (κ1) is 16.0. The van der Waals surface area contributed by atoms with Gasteiger partial charge in [0.1, 0.15) is 5.01 Å². The van der Waals surface area contributed by atoms with Crippen LogP contribution in [0.2, 0.25) is 0 Å². The van der Waals surface area contributed by atoms with E-state index in [0.717, 1.165) is 23.9 Å². The number of benzene rings is 1. The molecule has 1 heterocycles. The summed E-state index contributed by atoms with van der Waals surface area (Å²) >= 11 is 1.33. The van der Waals surface area contributed by atoms with Crippen molar-refractivity contribution in [3.05, 3.63) is 45.0 Å². The molecule has 1 aromatic heterocycles. The Morgan fingerprint density at radius 2 is 2.12 bits per heavy atom. The van der Waals surface area contributed by atoms with Crippen molar-refractivity contribution in [2.45, 2.75) is 18.8 Å². The molecule has 0 spiro atoms. The van der Waals surface area contributed by atoms with E-state index in [1.165, 1.54) is 29.5 Å². The molecule has 1 aliphatic carbocycles. The van der Waals surface area contributed by atoms with Crippen LogP contribution in [0.5, 0.6) is 0 Å². The number of hydrogen-bond acceptors (Lipinski definition) is 7. The molecule has 24 heavy (non-hydrogen) atoms. The minimum atomic E-state index is -0.587. The van der Waals surface area contributed by atoms with E-state index in [-0.39, 0.29) is 17.8 Å². The summed E-state index contributed by atoms with van der Waals surface area (Å²) in [6, 6.07) is 5.29. The summed E-state index contributed by atoms with van der Waals surface area (Å²) in [7, 11) is 0. The quantitative estimate of drug-likeness (QED) is 0.605. The Bertz CT molecular complexity index is 802. The zero-order valence-electron chi connectivity index (χ0n) is 12.4. The van der Waals surface area contributed by atoms with Gasteiger partial charge >= 0.3 is 0 Å². The van der Waals surface area contributed by atoms with Gasteiger partial charge in [-0.1, -0.05) is 17.4 Å². The molecule has 1 fully saturated rings. The van der Waals surface area contributed by atoms with E-state index in [1.54, 1.807) is 0 Å². The zero-order chi connectivity index (χ0) is 17.1. The second kappa shape index (κ2) is 6.71. The highest BCUT2D eigenvalue weighted by Gasteiger charge is 2.27. The van der Waals surface area contributed by atoms with Crippen molar-refractivity contribution in [1.82, 2.24) is 15.5 Å². The van der Waals surface area contributed by atoms with E-state index >= 15 is 0 Å². The number of nitro groups is 1. The van der Waals surface area contributed by atoms with Gasteiger partial charge in [-0.3, -0.25) is 25.0 Å². The summed E-state index contributed by atoms with van der Waals surface area (Å²) < 4.78 is 0. The molecule has 2 N–H and O–H groups in total. The first-order valence-electron chi connectivity index (χ1n) is 7.19. The Morgan fingerprint density at radius 3 is 2.83 bits per heavy atom. The van der Waals surface area contributed by atoms with Crippen LogP contribution >= 0.6 is 11.3 Å². The number of amides is 2. The highest BCUT2D eigenvalue weighted by atomic mass is 32.1. The molecule has 3 rings (SSSR count). The van der Waals surface area contributed by atoms with Crippen molar-refractivity contribution < 1.29 is 14.5 Å². The summed E-state index contributed by atoms with van der Waals surface area (Å²) in [5.41, 5.74) is -0.0718. The molecule has 1 saturated carbocycles. The first-order valence-corrected chi connectivity index (χ1v) is 8.00. The highest BCUT2D eigenvalue weighted by Crippen LogP contribution is 2.41. The van der Waals surface area contributed by atoms with Gasteiger partial charge in [-0.05, 0) is 18.9 Å². The summed E-state index contributed by atoms with van der Waals surface area (Å²) in [6.45, 7) is -0.264. The number of carbonyl (C=O) groups is 2. The van der Waals surface area contributed by atoms with Crippen LogP contribution in [0, 0.1) is 10.1 Å². The number of hydrogen-bond donors (Lipinski definition) is 2. The van der Waals surface area contributed by atoms with E-state index in [2.05, 4.69) is 20.8 Å². The van der Waals surface area contributed by atoms with E-state index < -0.39 is 16.7 Å². The van der Waals surface area contributed by atoms with Gasteiger partial charge in [0.2, 0.25) is 11.0 Å². The fourth-order valence-corrected chi connectivity index (χ4v) is 2.90. The topological polar surface area (TPSA) is 127 Å². The van der Waals surface area contributed by atoms with Crippen LogP contribution in [0.4, 0.5) is 10.8 Å². The lowest BCUT2D eigenvalue weighted by atomic mass is 10.2. The molecule has 1 aromatic carbocycles. The van der Waals surface area contributed by atoms with Crippen molar-refractivity contribution in [2.24, 2.45) is 0 Å². The molecule has 0 bridgehead atoms. The van der Waals surface area contributed by atoms with Crippen LogP contribution in [0.1, 0.15) is 34.1 Å². The second-order valence-corrected chi connectivity index (χ2v) is 6.27. The number of nitrogens with zero attached hydrogens (tertiary/aromatic N) is 3. The fraction of sp³-hybridized carbons (Fsp3) is 0.286. The predicted molar refractivity (Wildman–Crippen MR) is 85.9 cm³/mol. The minimum absolute atomic E-state index is 0.115. The van der Waals surface area contributed by atoms with Crippen LogP contribution in [0.15, 0.2) is 24.3 Å². The number of anilines is 1. The molecule has 10 heteroatoms. The molecule has 9 nitrogen and oxygen atoms in total. The molecule has 2 aromatic rings. The molecule has 1 aliphatic rings. The van der Waals surface area contributed by atoms with Gasteiger partial charge in [-0.15, -0.1) is 10.2 Å². The van der Waals surface area contributed by atoms with E-state index in [4.69, 9.17) is 0 Å². The average molecular weight is 347 g/mol. The number of carbonyl (C=O) groups excluding carboxylic acids is 2. The average Bonchev–Trinajstić information content (AvgIpc) is 3.33. The Kier molecular flexibility index (Phi) is 4.47. The van der Waals surface area contributed by atoms with Crippen molar-refractivity contribution in [2.75, 3.05) is 11.9 Å². The van der Waals surface area contributed by atoms with Crippen LogP contribution in [0.3, 0.4) is 0 Å². The first-order chi connectivity index (χ1) is 11.5. The normalized spacial score (nSPS) is 13.3. The highest BCUT2D eigenvalue weighted by molar-refractivity contribution is 7.15. The SMILES string of the molecule is O=C(CNC(=O)c1cccc([N+](=O)[O-])c1)Nc1nnc(C2CC2)s1. The molecule has 0 saturated heterocycles. The van der Waals surface area contributed by atoms with Crippen molar-refractivity contribution in [3.63, 3.8) is 0 Å². The van der Waals surface area contributed by atoms with E-state index in [9.17, 15) is 19.7 Å². The van der Waals surface area contributed by atoms with Gasteiger partial charge in [0.15, 0.2) is 0 Å². The fourth-order valence-electron chi connectivity index (χ4n) is 1.97. The van der Waals surface area contributed by atoms with Gasteiger partial charge in [0.05, 0.1) is 11.5 Å². The third-order valence-electron chi connectivity index (χ3n) is 3.34. The van der Waals surface area contributed by atoms with Crippen molar-refractivity contribution in [1.29, 1.82) is 0 Å². The Balaban J connectivity index is 1.52. The molecule has 0 radical (unpaired) electrons. The third kappa shape index (κ3) is 3.90. The van der Waals surface area contributed by atoms with Crippen LogP contribution < -0.4 is 10.6 Å². The molecule has 0 unspecified atom stereocenters. The zero-order valence-corrected chi connectivity index (χ0v) is 13.2. The van der Waals surface area contributed by atoms with E-state index in [1.807, 2.05) is 0 Å². The number of nitro benzene ring substituents is 1. The molecule has 0 atom stereocenters. The van der Waals surface area contributed by atoms with Gasteiger partial charge in [-0.25, -0.2) is 0 Å². The van der Waals surface area contributed by atoms with Gasteiger partial charge in [0.25, 0.3) is 11.6 Å². The molecule has 2 amide bonds. The van der Waals surface area contributed by atoms with Gasteiger partial charge < -0.3 is 5.32 Å². The summed E-state index contributed by atoms with van der Waals surface area (Å²) in [5.74, 6) is -0.543. The largest absolute Gasteiger partial charge is 0.343 e. The van der Waals surface area contributed by atoms with Crippen LogP contribution in [-0.4, -0.2) is 33.5 Å². The van der Waals surface area contributed by atoms with Crippen LogP contribution in [-0.2, 0) is 4.79 Å². The number of nitrogens with one attached hydrogen (secondary N) is 2. The molecule has 0 aliphatic heterocycles. The monoisotopic (exact) mass is 347 g/mol. The number of rotatable bonds is 6. The summed E-state index contributed by atoms with van der Waals surface area (Å²) in [4.78, 5) is 33.9. The van der Waals surface area contributed by atoms with Crippen molar-refractivity contribution >= 4 is 34.0 Å². The van der Waals surface area contributed by atoms with Crippen molar-refractivity contribution in [3.8, 4) is 0 Å².